The van der Waals surface area contributed by atoms with E-state index in [0.29, 0.717) is 0 Å². The Morgan fingerprint density at radius 3 is 1.42 bits per heavy atom. The van der Waals surface area contributed by atoms with Gasteiger partial charge in [0.25, 0.3) is 0 Å². The summed E-state index contributed by atoms with van der Waals surface area (Å²) in [6, 6.07) is 83.1. The molecule has 358 valence electrons. The van der Waals surface area contributed by atoms with Gasteiger partial charge in [-0.2, -0.15) is 0 Å². The third-order valence-corrected chi connectivity index (χ3v) is 18.8. The van der Waals surface area contributed by atoms with Gasteiger partial charge < -0.3 is 22.2 Å². The van der Waals surface area contributed by atoms with E-state index in [2.05, 4.69) is 238 Å². The van der Waals surface area contributed by atoms with E-state index in [1.807, 2.05) is 11.3 Å². The van der Waals surface area contributed by atoms with Gasteiger partial charge in [0.05, 0.1) is 55.2 Å². The van der Waals surface area contributed by atoms with Crippen LogP contribution in [0.1, 0.15) is 0 Å². The zero-order chi connectivity index (χ0) is 50.2. The molecule has 20 aromatic rings. The summed E-state index contributed by atoms with van der Waals surface area (Å²) in [5.74, 6) is 0. The first-order chi connectivity index (χ1) is 38.7. The van der Waals surface area contributed by atoms with Gasteiger partial charge in [0.15, 0.2) is 0 Å². The Morgan fingerprint density at radius 1 is 0.282 bits per heavy atom. The summed E-state index contributed by atoms with van der Waals surface area (Å²) >= 11 is 1.86. The molecule has 0 spiro atoms. The number of aromatic nitrogens is 3. The van der Waals surface area contributed by atoms with E-state index in [1.54, 1.807) is 0 Å². The molecule has 0 amide bonds. The smallest absolute Gasteiger partial charge is 0.146 e. The van der Waals surface area contributed by atoms with Gasteiger partial charge >= 0.3 is 0 Å². The van der Waals surface area contributed by atoms with E-state index >= 15 is 0 Å². The topological polar surface area (TPSA) is 40.0 Å². The SMILES string of the molecule is c1ccc2c(c1)oc1c2c(-c2ccc3c(c2)c2cccc4c5ccccc5n3c42)cc2c1c1c3c(oc4ccccc43)c(-c3ccc4c(c3)c3cccc5c6ccccc6n4c53)cc1n2-c1cccc2sc3ccccc3c12. The summed E-state index contributed by atoms with van der Waals surface area (Å²) in [4.78, 5) is 0. The molecule has 12 aromatic carbocycles. The van der Waals surface area contributed by atoms with Gasteiger partial charge in [-0.3, -0.25) is 0 Å². The normalized spacial score (nSPS) is 12.9. The molecule has 8 heterocycles. The lowest BCUT2D eigenvalue weighted by Gasteiger charge is -2.13. The van der Waals surface area contributed by atoms with E-state index in [0.717, 1.165) is 93.6 Å². The number of furan rings is 2. The molecule has 0 saturated heterocycles. The van der Waals surface area contributed by atoms with Crippen LogP contribution in [-0.4, -0.2) is 13.4 Å². The van der Waals surface area contributed by atoms with Gasteiger partial charge in [0.1, 0.15) is 22.3 Å². The lowest BCUT2D eigenvalue weighted by molar-refractivity contribution is 0.670. The molecule has 0 aliphatic heterocycles. The van der Waals surface area contributed by atoms with Gasteiger partial charge in [-0.05, 0) is 95.6 Å². The van der Waals surface area contributed by atoms with Gasteiger partial charge in [0, 0.05) is 95.8 Å². The Labute approximate surface area is 445 Å². The highest BCUT2D eigenvalue weighted by Crippen LogP contribution is 2.53. The van der Waals surface area contributed by atoms with Crippen molar-refractivity contribution in [1.82, 2.24) is 13.4 Å². The first-order valence-corrected chi connectivity index (χ1v) is 27.6. The van der Waals surface area contributed by atoms with Gasteiger partial charge in [-0.25, -0.2) is 0 Å². The minimum atomic E-state index is 0.852. The fourth-order valence-electron chi connectivity index (χ4n) is 14.6. The second-order valence-corrected chi connectivity index (χ2v) is 22.5. The van der Waals surface area contributed by atoms with Crippen molar-refractivity contribution in [3.63, 3.8) is 0 Å². The van der Waals surface area contributed by atoms with Crippen LogP contribution >= 0.6 is 11.3 Å². The first kappa shape index (κ1) is 40.2. The summed E-state index contributed by atoms with van der Waals surface area (Å²) in [6.45, 7) is 0. The van der Waals surface area contributed by atoms with Crippen LogP contribution in [0.25, 0.3) is 190 Å². The van der Waals surface area contributed by atoms with Gasteiger partial charge in [-0.15, -0.1) is 11.3 Å². The molecule has 0 saturated carbocycles. The standard InChI is InChI=1S/C72H37N3O2S/c1-6-23-53-40(14-1)42-19-11-21-44-51-34-38(30-32-55(51)74(53)69(42)44)49-36-59-68(72-64(49)46-16-3-8-26-60(46)77-72)67-58(73(59)57-25-13-29-63-65(57)48-18-5-10-28-62(48)78-63)37-50(71-66(67)47-17-4-9-27-61(47)76-71)39-31-33-56-52(35-39)45-22-12-20-43-41-15-2-7-24-54(41)75(56)70(43)45/h1-37H. The number of rotatable bonds is 3. The summed E-state index contributed by atoms with van der Waals surface area (Å²) in [5.41, 5.74) is 18.5. The zero-order valence-corrected chi connectivity index (χ0v) is 42.2. The Morgan fingerprint density at radius 2 is 0.756 bits per heavy atom. The third-order valence-electron chi connectivity index (χ3n) is 17.7. The van der Waals surface area contributed by atoms with E-state index in [9.17, 15) is 0 Å². The molecule has 0 fully saturated rings. The lowest BCUT2D eigenvalue weighted by atomic mass is 9.94. The van der Waals surface area contributed by atoms with Crippen molar-refractivity contribution < 1.29 is 8.83 Å². The predicted octanol–water partition coefficient (Wildman–Crippen LogP) is 20.6. The molecule has 0 aliphatic carbocycles. The van der Waals surface area contributed by atoms with Crippen molar-refractivity contribution in [3.8, 4) is 27.9 Å². The van der Waals surface area contributed by atoms with Crippen LogP contribution < -0.4 is 0 Å². The number of fused-ring (bicyclic) bond motifs is 26. The van der Waals surface area contributed by atoms with Gasteiger partial charge in [0.2, 0.25) is 0 Å². The molecule has 0 atom stereocenters. The predicted molar refractivity (Wildman–Crippen MR) is 328 cm³/mol. The number of hydrogen-bond acceptors (Lipinski definition) is 3. The Balaban J connectivity index is 0.969. The van der Waals surface area contributed by atoms with E-state index < -0.39 is 0 Å². The average Bonchev–Trinajstić information content (AvgIpc) is 4.53. The first-order valence-electron chi connectivity index (χ1n) is 26.7. The summed E-state index contributed by atoms with van der Waals surface area (Å²) < 4.78 is 24.6. The monoisotopic (exact) mass is 1010 g/mol. The van der Waals surface area contributed by atoms with Crippen molar-refractivity contribution in [2.45, 2.75) is 0 Å². The Bertz CT molecular complexity index is 6070. The molecule has 6 heteroatoms. The summed E-state index contributed by atoms with van der Waals surface area (Å²) in [6.07, 6.45) is 0. The molecule has 5 nitrogen and oxygen atoms in total. The molecule has 0 N–H and O–H groups in total. The van der Waals surface area contributed by atoms with E-state index in [1.165, 1.54) is 96.4 Å². The van der Waals surface area contributed by atoms with Crippen LogP contribution in [0.5, 0.6) is 0 Å². The van der Waals surface area contributed by atoms with Crippen molar-refractivity contribution in [3.05, 3.63) is 224 Å². The maximum Gasteiger partial charge on any atom is 0.146 e. The molecule has 0 radical (unpaired) electrons. The van der Waals surface area contributed by atoms with Crippen molar-refractivity contribution in [2.24, 2.45) is 0 Å². The molecule has 8 aromatic heterocycles. The fourth-order valence-corrected chi connectivity index (χ4v) is 15.7. The third kappa shape index (κ3) is 4.78. The van der Waals surface area contributed by atoms with Crippen molar-refractivity contribution >= 4 is 173 Å². The van der Waals surface area contributed by atoms with Crippen LogP contribution in [0.3, 0.4) is 0 Å². The van der Waals surface area contributed by atoms with Crippen LogP contribution in [0.2, 0.25) is 0 Å². The number of benzene rings is 12. The van der Waals surface area contributed by atoms with Crippen LogP contribution in [0.4, 0.5) is 0 Å². The second-order valence-electron chi connectivity index (χ2n) is 21.4. The van der Waals surface area contributed by atoms with Crippen molar-refractivity contribution in [2.75, 3.05) is 0 Å². The number of para-hydroxylation sites is 6. The number of hydrogen-bond donors (Lipinski definition) is 0. The van der Waals surface area contributed by atoms with Crippen LogP contribution in [0, 0.1) is 0 Å². The molecule has 78 heavy (non-hydrogen) atoms. The van der Waals surface area contributed by atoms with Crippen LogP contribution in [-0.2, 0) is 0 Å². The van der Waals surface area contributed by atoms with Gasteiger partial charge in [-0.1, -0.05) is 146 Å². The highest BCUT2D eigenvalue weighted by Gasteiger charge is 2.29. The lowest BCUT2D eigenvalue weighted by Crippen LogP contribution is -1.96. The zero-order valence-electron chi connectivity index (χ0n) is 41.4. The molecular formula is C72H37N3O2S. The average molecular weight is 1010 g/mol. The highest BCUT2D eigenvalue weighted by atomic mass is 32.1. The largest absolute Gasteiger partial charge is 0.455 e. The number of nitrogens with zero attached hydrogens (tertiary/aromatic N) is 3. The quantitative estimate of drug-likeness (QED) is 0.177. The second kappa shape index (κ2) is 14.0. The fraction of sp³-hybridized carbons (Fsp3) is 0. The van der Waals surface area contributed by atoms with Crippen LogP contribution in [0.15, 0.2) is 233 Å². The van der Waals surface area contributed by atoms with Crippen molar-refractivity contribution in [1.29, 1.82) is 0 Å². The molecule has 0 aliphatic rings. The maximum atomic E-state index is 7.39. The minimum absolute atomic E-state index is 0.852. The highest BCUT2D eigenvalue weighted by molar-refractivity contribution is 7.25. The Hall–Kier alpha value is -10.1. The van der Waals surface area contributed by atoms with E-state index in [4.69, 9.17) is 8.83 Å². The summed E-state index contributed by atoms with van der Waals surface area (Å²) in [5, 5.41) is 19.1. The molecule has 0 bridgehead atoms. The molecular weight excluding hydrogens is 971 g/mol. The van der Waals surface area contributed by atoms with E-state index in [-0.39, 0.29) is 0 Å². The maximum absolute atomic E-state index is 7.39. The molecule has 0 unspecified atom stereocenters. The molecule has 20 rings (SSSR count). The number of thiophene rings is 1. The minimum Gasteiger partial charge on any atom is -0.455 e. The Kier molecular flexibility index (Phi) is 7.22. The summed E-state index contributed by atoms with van der Waals surface area (Å²) in [7, 11) is 0.